The highest BCUT2D eigenvalue weighted by atomic mass is 79.9. The monoisotopic (exact) mass is 302 g/mol. The molecule has 0 nitrogen and oxygen atoms in total. The van der Waals surface area contributed by atoms with E-state index in [2.05, 4.69) is 78.3 Å². The zero-order valence-corrected chi connectivity index (χ0v) is 12.6. The van der Waals surface area contributed by atoms with Crippen LogP contribution in [0.25, 0.3) is 0 Å². The predicted molar refractivity (Wildman–Crippen MR) is 82.6 cm³/mol. The maximum absolute atomic E-state index is 3.65. The minimum atomic E-state index is 0.549. The molecule has 0 spiro atoms. The fraction of sp³-hybridized carbons (Fsp3) is 0.294. The lowest BCUT2D eigenvalue weighted by atomic mass is 9.92. The van der Waals surface area contributed by atoms with Crippen molar-refractivity contribution in [1.29, 1.82) is 0 Å². The highest BCUT2D eigenvalue weighted by Crippen LogP contribution is 2.24. The van der Waals surface area contributed by atoms with E-state index in [1.54, 1.807) is 0 Å². The Labute approximate surface area is 118 Å². The third kappa shape index (κ3) is 3.46. The molecule has 1 heteroatoms. The minimum absolute atomic E-state index is 0.549. The van der Waals surface area contributed by atoms with Crippen LogP contribution in [0.2, 0.25) is 0 Å². The summed E-state index contributed by atoms with van der Waals surface area (Å²) < 4.78 is 0. The molecule has 0 N–H and O–H groups in total. The second kappa shape index (κ2) is 6.19. The van der Waals surface area contributed by atoms with Crippen molar-refractivity contribution in [3.63, 3.8) is 0 Å². The van der Waals surface area contributed by atoms with Gasteiger partial charge in [0.2, 0.25) is 0 Å². The van der Waals surface area contributed by atoms with Crippen LogP contribution in [-0.4, -0.2) is 5.33 Å². The second-order valence-electron chi connectivity index (χ2n) is 4.96. The quantitative estimate of drug-likeness (QED) is 0.695. The van der Waals surface area contributed by atoms with Crippen molar-refractivity contribution in [3.8, 4) is 0 Å². The van der Waals surface area contributed by atoms with Crippen molar-refractivity contribution < 1.29 is 0 Å². The predicted octanol–water partition coefficient (Wildman–Crippen LogP) is 5.02. The molecule has 0 heterocycles. The lowest BCUT2D eigenvalue weighted by Crippen LogP contribution is -2.04. The summed E-state index contributed by atoms with van der Waals surface area (Å²) in [5, 5.41) is 1.00. The molecule has 1 unspecified atom stereocenters. The van der Waals surface area contributed by atoms with Gasteiger partial charge in [-0.1, -0.05) is 75.6 Å². The van der Waals surface area contributed by atoms with Crippen LogP contribution in [0.5, 0.6) is 0 Å². The van der Waals surface area contributed by atoms with E-state index < -0.39 is 0 Å². The maximum atomic E-state index is 3.65. The summed E-state index contributed by atoms with van der Waals surface area (Å²) >= 11 is 3.65. The summed E-state index contributed by atoms with van der Waals surface area (Å²) in [6.07, 6.45) is 1.10. The normalized spacial score (nSPS) is 12.4. The van der Waals surface area contributed by atoms with Gasteiger partial charge in [-0.15, -0.1) is 0 Å². The molecule has 0 radical (unpaired) electrons. The summed E-state index contributed by atoms with van der Waals surface area (Å²) in [7, 11) is 0. The van der Waals surface area contributed by atoms with Crippen molar-refractivity contribution in [2.24, 2.45) is 0 Å². The van der Waals surface area contributed by atoms with Gasteiger partial charge in [0.1, 0.15) is 0 Å². The third-order valence-electron chi connectivity index (χ3n) is 3.22. The Kier molecular flexibility index (Phi) is 4.60. The molecule has 1 atom stereocenters. The van der Waals surface area contributed by atoms with Gasteiger partial charge in [-0.25, -0.2) is 0 Å². The number of aryl methyl sites for hydroxylation is 2. The Bertz CT molecular complexity index is 482. The molecule has 2 aromatic carbocycles. The Balaban J connectivity index is 2.20. The Morgan fingerprint density at radius 1 is 0.944 bits per heavy atom. The van der Waals surface area contributed by atoms with E-state index in [9.17, 15) is 0 Å². The van der Waals surface area contributed by atoms with Crippen molar-refractivity contribution in [2.75, 3.05) is 5.33 Å². The Morgan fingerprint density at radius 3 is 2.11 bits per heavy atom. The van der Waals surface area contributed by atoms with Crippen molar-refractivity contribution >= 4 is 15.9 Å². The number of halogens is 1. The highest BCUT2D eigenvalue weighted by Gasteiger charge is 2.11. The molecule has 0 aliphatic carbocycles. The fourth-order valence-corrected chi connectivity index (χ4v) is 3.06. The van der Waals surface area contributed by atoms with Gasteiger partial charge in [-0.2, -0.15) is 0 Å². The van der Waals surface area contributed by atoms with Crippen molar-refractivity contribution in [3.05, 3.63) is 70.8 Å². The molecule has 0 saturated heterocycles. The van der Waals surface area contributed by atoms with E-state index >= 15 is 0 Å². The Morgan fingerprint density at radius 2 is 1.56 bits per heavy atom. The molecular weight excluding hydrogens is 284 g/mol. The molecule has 0 amide bonds. The van der Waals surface area contributed by atoms with Crippen LogP contribution >= 0.6 is 15.9 Å². The minimum Gasteiger partial charge on any atom is -0.0921 e. The fourth-order valence-electron chi connectivity index (χ4n) is 2.46. The lowest BCUT2D eigenvalue weighted by molar-refractivity contribution is 0.774. The highest BCUT2D eigenvalue weighted by molar-refractivity contribution is 9.09. The first-order valence-corrected chi connectivity index (χ1v) is 7.49. The molecule has 2 aromatic rings. The van der Waals surface area contributed by atoms with Crippen molar-refractivity contribution in [1.82, 2.24) is 0 Å². The first-order chi connectivity index (χ1) is 8.69. The molecule has 0 bridgehead atoms. The lowest BCUT2D eigenvalue weighted by Gasteiger charge is -2.15. The van der Waals surface area contributed by atoms with Crippen LogP contribution in [0.3, 0.4) is 0 Å². The molecule has 18 heavy (non-hydrogen) atoms. The van der Waals surface area contributed by atoms with Crippen LogP contribution in [0.4, 0.5) is 0 Å². The molecule has 0 aromatic heterocycles. The smallest absolute Gasteiger partial charge is 0.0103 e. The number of benzene rings is 2. The molecule has 0 fully saturated rings. The molecule has 0 saturated carbocycles. The zero-order chi connectivity index (χ0) is 13.0. The Hall–Kier alpha value is -1.08. The summed E-state index contributed by atoms with van der Waals surface area (Å²) in [6.45, 7) is 4.34. The van der Waals surface area contributed by atoms with E-state index in [4.69, 9.17) is 0 Å². The summed E-state index contributed by atoms with van der Waals surface area (Å²) in [5.74, 6) is 0.549. The second-order valence-corrected chi connectivity index (χ2v) is 5.61. The largest absolute Gasteiger partial charge is 0.0921 e. The van der Waals surface area contributed by atoms with Crippen LogP contribution in [0.1, 0.15) is 28.2 Å². The molecular formula is C17H19Br. The summed E-state index contributed by atoms with van der Waals surface area (Å²) in [4.78, 5) is 0. The third-order valence-corrected chi connectivity index (χ3v) is 4.00. The molecule has 2 rings (SSSR count). The van der Waals surface area contributed by atoms with E-state index in [-0.39, 0.29) is 0 Å². The number of rotatable bonds is 4. The first-order valence-electron chi connectivity index (χ1n) is 6.37. The summed E-state index contributed by atoms with van der Waals surface area (Å²) in [5.41, 5.74) is 5.55. The summed E-state index contributed by atoms with van der Waals surface area (Å²) in [6, 6.07) is 17.6. The van der Waals surface area contributed by atoms with Gasteiger partial charge in [0.15, 0.2) is 0 Å². The van der Waals surface area contributed by atoms with E-state index in [0.29, 0.717) is 5.92 Å². The SMILES string of the molecule is Cc1cc(C)cc(CC(CBr)c2ccccc2)c1. The van der Waals surface area contributed by atoms with Gasteiger partial charge in [0.05, 0.1) is 0 Å². The number of hydrogen-bond donors (Lipinski definition) is 0. The van der Waals surface area contributed by atoms with Crippen LogP contribution in [0.15, 0.2) is 48.5 Å². The van der Waals surface area contributed by atoms with E-state index in [1.807, 2.05) is 0 Å². The van der Waals surface area contributed by atoms with Crippen LogP contribution < -0.4 is 0 Å². The van der Waals surface area contributed by atoms with Crippen LogP contribution in [-0.2, 0) is 6.42 Å². The maximum Gasteiger partial charge on any atom is 0.0103 e. The molecule has 94 valence electrons. The van der Waals surface area contributed by atoms with Gasteiger partial charge in [-0.3, -0.25) is 0 Å². The first kappa shape index (κ1) is 13.4. The number of hydrogen-bond acceptors (Lipinski definition) is 0. The zero-order valence-electron chi connectivity index (χ0n) is 11.0. The van der Waals surface area contributed by atoms with Gasteiger partial charge in [-0.05, 0) is 37.3 Å². The molecule has 0 aliphatic rings. The average molecular weight is 303 g/mol. The van der Waals surface area contributed by atoms with Crippen molar-refractivity contribution in [2.45, 2.75) is 26.2 Å². The average Bonchev–Trinajstić information content (AvgIpc) is 2.36. The topological polar surface area (TPSA) is 0 Å². The van der Waals surface area contributed by atoms with Gasteiger partial charge in [0.25, 0.3) is 0 Å². The number of alkyl halides is 1. The molecule has 0 aliphatic heterocycles. The van der Waals surface area contributed by atoms with E-state index in [1.165, 1.54) is 22.3 Å². The van der Waals surface area contributed by atoms with Gasteiger partial charge >= 0.3 is 0 Å². The van der Waals surface area contributed by atoms with E-state index in [0.717, 1.165) is 11.8 Å². The van der Waals surface area contributed by atoms with Gasteiger partial charge < -0.3 is 0 Å². The van der Waals surface area contributed by atoms with Gasteiger partial charge in [0, 0.05) is 5.33 Å². The standard InChI is InChI=1S/C17H19Br/c1-13-8-14(2)10-15(9-13)11-17(12-18)16-6-4-3-5-7-16/h3-10,17H,11-12H2,1-2H3. The van der Waals surface area contributed by atoms with Crippen LogP contribution in [0, 0.1) is 13.8 Å².